The number of imide groups is 1. The zero-order chi connectivity index (χ0) is 26.2. The molecule has 8 rings (SSSR count). The maximum absolute atomic E-state index is 14.3. The summed E-state index contributed by atoms with van der Waals surface area (Å²) in [6.45, 7) is 0.0990. The number of ether oxygens (including phenoxy) is 2. The minimum Gasteiger partial charge on any atom is -0.454 e. The Morgan fingerprint density at radius 2 is 1.56 bits per heavy atom. The first-order valence-electron chi connectivity index (χ1n) is 13.0. The predicted octanol–water partition coefficient (Wildman–Crippen LogP) is 4.97. The number of carbonyl (C=O) groups excluding carboxylic acids is 3. The summed E-state index contributed by atoms with van der Waals surface area (Å²) >= 11 is 0. The van der Waals surface area contributed by atoms with Crippen molar-refractivity contribution in [3.05, 3.63) is 108 Å². The number of ketones is 1. The fourth-order valence-electron chi connectivity index (χ4n) is 6.72. The minimum absolute atomic E-state index is 0.0990. The molecule has 0 aromatic heterocycles. The van der Waals surface area contributed by atoms with E-state index in [1.54, 1.807) is 24.3 Å². The molecular weight excluding hydrogens is 492 g/mol. The van der Waals surface area contributed by atoms with Crippen LogP contribution in [0.3, 0.4) is 0 Å². The van der Waals surface area contributed by atoms with Gasteiger partial charge in [0.2, 0.25) is 18.6 Å². The molecule has 7 heteroatoms. The lowest BCUT2D eigenvalue weighted by Crippen LogP contribution is -2.44. The van der Waals surface area contributed by atoms with Crippen LogP contribution in [0.1, 0.15) is 27.5 Å². The smallest absolute Gasteiger partial charge is 0.240 e. The van der Waals surface area contributed by atoms with Crippen molar-refractivity contribution in [3.63, 3.8) is 0 Å². The molecular formula is C32H22N2O5. The maximum Gasteiger partial charge on any atom is 0.240 e. The molecule has 0 bridgehead atoms. The Labute approximate surface area is 223 Å². The van der Waals surface area contributed by atoms with Crippen molar-refractivity contribution in [2.45, 2.75) is 12.1 Å². The number of anilines is 1. The molecule has 0 N–H and O–H groups in total. The van der Waals surface area contributed by atoms with Crippen LogP contribution in [-0.2, 0) is 9.59 Å². The summed E-state index contributed by atoms with van der Waals surface area (Å²) in [5.74, 6) is -1.31. The monoisotopic (exact) mass is 514 g/mol. The van der Waals surface area contributed by atoms with Crippen LogP contribution in [0.25, 0.3) is 16.8 Å². The molecule has 4 heterocycles. The van der Waals surface area contributed by atoms with E-state index in [-0.39, 0.29) is 24.4 Å². The van der Waals surface area contributed by atoms with E-state index < -0.39 is 23.9 Å². The first-order valence-corrected chi connectivity index (χ1v) is 13.0. The molecule has 0 saturated carbocycles. The fraction of sp³-hybridized carbons (Fsp3) is 0.156. The Bertz CT molecular complexity index is 1760. The summed E-state index contributed by atoms with van der Waals surface area (Å²) in [6, 6.07) is 25.0. The number of fused-ring (bicyclic) bond motifs is 7. The van der Waals surface area contributed by atoms with Crippen molar-refractivity contribution in [2.24, 2.45) is 11.8 Å². The van der Waals surface area contributed by atoms with E-state index in [4.69, 9.17) is 9.47 Å². The number of benzene rings is 4. The lowest BCUT2D eigenvalue weighted by atomic mass is 9.83. The van der Waals surface area contributed by atoms with Gasteiger partial charge in [-0.05, 0) is 46.9 Å². The van der Waals surface area contributed by atoms with Crippen LogP contribution in [0.2, 0.25) is 0 Å². The lowest BCUT2D eigenvalue weighted by molar-refractivity contribution is -0.123. The van der Waals surface area contributed by atoms with Gasteiger partial charge in [-0.15, -0.1) is 0 Å². The second kappa shape index (κ2) is 8.04. The van der Waals surface area contributed by atoms with Gasteiger partial charge in [0.15, 0.2) is 17.3 Å². The van der Waals surface area contributed by atoms with Crippen molar-refractivity contribution in [2.75, 3.05) is 11.7 Å². The first-order chi connectivity index (χ1) is 19.1. The van der Waals surface area contributed by atoms with Crippen LogP contribution in [0.5, 0.6) is 11.5 Å². The van der Waals surface area contributed by atoms with E-state index in [1.807, 2.05) is 77.8 Å². The van der Waals surface area contributed by atoms with Crippen LogP contribution < -0.4 is 14.4 Å². The number of carbonyl (C=O) groups is 3. The van der Waals surface area contributed by atoms with Gasteiger partial charge in [-0.25, -0.2) is 4.90 Å². The van der Waals surface area contributed by atoms with Crippen LogP contribution >= 0.6 is 0 Å². The third-order valence-electron chi connectivity index (χ3n) is 8.39. The first kappa shape index (κ1) is 22.1. The molecule has 7 nitrogen and oxygen atoms in total. The van der Waals surface area contributed by atoms with Gasteiger partial charge in [-0.2, -0.15) is 0 Å². The van der Waals surface area contributed by atoms with E-state index in [2.05, 4.69) is 0 Å². The van der Waals surface area contributed by atoms with Crippen LogP contribution in [-0.4, -0.2) is 35.3 Å². The van der Waals surface area contributed by atoms with Crippen LogP contribution in [0.15, 0.2) is 91.1 Å². The SMILES string of the molecule is O=C(c1ccc2c(c1)OCO2)[C@@H]1[C@@H]2C(=O)N(c3cccc4ccccc34)C(=O)[C@H]2[C@H]2c3ccccc3C=CN12. The van der Waals surface area contributed by atoms with Gasteiger partial charge < -0.3 is 14.4 Å². The van der Waals surface area contributed by atoms with Crippen molar-refractivity contribution in [3.8, 4) is 11.5 Å². The van der Waals surface area contributed by atoms with E-state index in [0.29, 0.717) is 22.7 Å². The largest absolute Gasteiger partial charge is 0.454 e. The van der Waals surface area contributed by atoms with E-state index >= 15 is 0 Å². The van der Waals surface area contributed by atoms with Crippen molar-refractivity contribution >= 4 is 40.1 Å². The Morgan fingerprint density at radius 1 is 0.795 bits per heavy atom. The molecule has 4 atom stereocenters. The third kappa shape index (κ3) is 3.01. The van der Waals surface area contributed by atoms with Crippen LogP contribution in [0.4, 0.5) is 5.69 Å². The maximum atomic E-state index is 14.3. The Hall–Kier alpha value is -4.91. The second-order valence-electron chi connectivity index (χ2n) is 10.3. The molecule has 0 unspecified atom stereocenters. The predicted molar refractivity (Wildman–Crippen MR) is 144 cm³/mol. The molecule has 0 spiro atoms. The molecule has 2 fully saturated rings. The van der Waals surface area contributed by atoms with Crippen LogP contribution in [0, 0.1) is 11.8 Å². The summed E-state index contributed by atoms with van der Waals surface area (Å²) in [4.78, 5) is 46.0. The zero-order valence-corrected chi connectivity index (χ0v) is 20.7. The van der Waals surface area contributed by atoms with E-state index in [9.17, 15) is 14.4 Å². The average molecular weight is 515 g/mol. The van der Waals surface area contributed by atoms with Gasteiger partial charge in [0, 0.05) is 17.1 Å². The van der Waals surface area contributed by atoms with Crippen molar-refractivity contribution in [1.29, 1.82) is 0 Å². The van der Waals surface area contributed by atoms with Crippen molar-refractivity contribution in [1.82, 2.24) is 4.90 Å². The summed E-state index contributed by atoms with van der Waals surface area (Å²) in [6.07, 6.45) is 3.81. The standard InChI is InChI=1S/C32H22N2O5/c35-30(20-12-13-24-25(16-20)39-17-38-24)29-27-26(28-22-10-4-2-7-19(22)14-15-33(28)29)31(36)34(32(27)37)23-11-5-8-18-6-1-3-9-21(18)23/h1-16,26-29H,17H2/t26-,27-,28-,29+/m1/s1. The van der Waals surface area contributed by atoms with Gasteiger partial charge >= 0.3 is 0 Å². The molecule has 4 aromatic rings. The van der Waals surface area contributed by atoms with Gasteiger partial charge in [0.1, 0.15) is 6.04 Å². The second-order valence-corrected chi connectivity index (χ2v) is 10.3. The normalized spacial score (nSPS) is 24.2. The highest BCUT2D eigenvalue weighted by atomic mass is 16.7. The van der Waals surface area contributed by atoms with Gasteiger partial charge in [0.05, 0.1) is 23.6 Å². The highest BCUT2D eigenvalue weighted by Gasteiger charge is 2.64. The molecule has 39 heavy (non-hydrogen) atoms. The minimum atomic E-state index is -0.846. The van der Waals surface area contributed by atoms with E-state index in [1.165, 1.54) is 4.90 Å². The van der Waals surface area contributed by atoms with E-state index in [0.717, 1.165) is 21.9 Å². The molecule has 4 aliphatic heterocycles. The molecule has 4 aromatic carbocycles. The highest BCUT2D eigenvalue weighted by Crippen LogP contribution is 2.54. The fourth-order valence-corrected chi connectivity index (χ4v) is 6.72. The molecule has 2 saturated heterocycles. The van der Waals surface area contributed by atoms with Gasteiger partial charge in [-0.1, -0.05) is 60.7 Å². The Morgan fingerprint density at radius 3 is 2.49 bits per heavy atom. The Balaban J connectivity index is 1.29. The molecule has 0 aliphatic carbocycles. The van der Waals surface area contributed by atoms with Gasteiger partial charge in [-0.3, -0.25) is 14.4 Å². The lowest BCUT2D eigenvalue weighted by Gasteiger charge is -2.35. The summed E-state index contributed by atoms with van der Waals surface area (Å²) in [5.41, 5.74) is 2.90. The average Bonchev–Trinajstić information content (AvgIpc) is 3.65. The topological polar surface area (TPSA) is 76.1 Å². The summed E-state index contributed by atoms with van der Waals surface area (Å²) < 4.78 is 10.9. The number of rotatable bonds is 3. The summed E-state index contributed by atoms with van der Waals surface area (Å²) in [7, 11) is 0. The highest BCUT2D eigenvalue weighted by molar-refractivity contribution is 6.27. The molecule has 190 valence electrons. The molecule has 2 amide bonds. The number of nitrogens with zero attached hydrogens (tertiary/aromatic N) is 2. The number of amides is 2. The number of hydrogen-bond acceptors (Lipinski definition) is 6. The molecule has 4 aliphatic rings. The molecule has 0 radical (unpaired) electrons. The number of hydrogen-bond donors (Lipinski definition) is 0. The Kier molecular flexibility index (Phi) is 4.56. The number of Topliss-reactive ketones (excluding diaryl/α,β-unsaturated/α-hetero) is 1. The zero-order valence-electron chi connectivity index (χ0n) is 20.7. The third-order valence-corrected chi connectivity index (χ3v) is 8.39. The summed E-state index contributed by atoms with van der Waals surface area (Å²) in [5, 5.41) is 1.76. The van der Waals surface area contributed by atoms with Crippen molar-refractivity contribution < 1.29 is 23.9 Å². The quantitative estimate of drug-likeness (QED) is 0.284. The van der Waals surface area contributed by atoms with Gasteiger partial charge in [0.25, 0.3) is 0 Å².